The Morgan fingerprint density at radius 1 is 0.418 bits per heavy atom. The molecule has 2 aliphatic rings. The summed E-state index contributed by atoms with van der Waals surface area (Å²) in [6.07, 6.45) is 0. The smallest absolute Gasteiger partial charge is 0.333 e. The predicted molar refractivity (Wildman–Crippen MR) is 283 cm³/mol. The predicted octanol–water partition coefficient (Wildman–Crippen LogP) is 16.1. The first-order valence-electron chi connectivity index (χ1n) is 23.5. The van der Waals surface area contributed by atoms with Gasteiger partial charge < -0.3 is 18.5 Å². The van der Waals surface area contributed by atoms with Gasteiger partial charge in [-0.3, -0.25) is 0 Å². The summed E-state index contributed by atoms with van der Waals surface area (Å²) in [5, 5.41) is 4.37. The number of furan rings is 2. The van der Waals surface area contributed by atoms with Gasteiger partial charge >= 0.3 is 6.85 Å². The van der Waals surface area contributed by atoms with Gasteiger partial charge in [-0.2, -0.15) is 0 Å². The van der Waals surface area contributed by atoms with E-state index in [1.165, 1.54) is 22.2 Å². The summed E-state index contributed by atoms with van der Waals surface area (Å²) >= 11 is 0. The highest BCUT2D eigenvalue weighted by Gasteiger charge is 2.48. The van der Waals surface area contributed by atoms with E-state index in [9.17, 15) is 0 Å². The number of fused-ring (bicyclic) bond motifs is 12. The maximum absolute atomic E-state index is 7.17. The molecule has 0 N–H and O–H groups in total. The molecule has 11 aromatic rings. The molecule has 0 aliphatic carbocycles. The van der Waals surface area contributed by atoms with Crippen LogP contribution in [0, 0.1) is 0 Å². The van der Waals surface area contributed by atoms with Crippen molar-refractivity contribution >= 4 is 90.1 Å². The Kier molecular flexibility index (Phi) is 8.49. The Hall–Kier alpha value is -7.76. The summed E-state index contributed by atoms with van der Waals surface area (Å²) in [6, 6.07) is 69.1. The van der Waals surface area contributed by atoms with Gasteiger partial charge in [0.15, 0.2) is 5.58 Å². The first-order valence-corrected chi connectivity index (χ1v) is 23.5. The normalized spacial score (nSPS) is 13.4. The zero-order valence-electron chi connectivity index (χ0n) is 38.7. The SMILES string of the molecule is CC(C)(C)c1ccc(N2B3c4ccc5c(oc6ccccc65)c4N(c4ccc(C(C)(C)C)cc4-c4ccccc4)c4cc5c(oc6ccccc65)c(c43)-c3cc(-c4ccccc4)ccc32)cc1. The summed E-state index contributed by atoms with van der Waals surface area (Å²) in [7, 11) is 0. The van der Waals surface area contributed by atoms with Crippen LogP contribution in [0.4, 0.5) is 28.4 Å². The largest absolute Gasteiger partial charge is 0.455 e. The van der Waals surface area contributed by atoms with Crippen LogP contribution in [-0.2, 0) is 10.8 Å². The number of anilines is 5. The van der Waals surface area contributed by atoms with Gasteiger partial charge in [0.05, 0.1) is 11.4 Å². The number of rotatable bonds is 4. The minimum absolute atomic E-state index is 0.000569. The van der Waals surface area contributed by atoms with Crippen molar-refractivity contribution in [1.29, 1.82) is 0 Å². The van der Waals surface area contributed by atoms with Gasteiger partial charge in [-0.1, -0.05) is 175 Å². The standard InChI is InChI=1S/C62H49BN2O2/c1-61(2,3)41-26-29-43(30-27-41)65-52-33-25-40(38-17-9-7-10-18-38)35-49(52)56-57-53(37-48-45-22-14-16-24-55(45)66-59(48)56)64(51-34-28-42(62(4,5)6)36-47(51)39-19-11-8-12-20-39)58-50(63(57)65)32-31-46-44-21-13-15-23-54(44)67-60(46)58/h7-37H,1-6H3. The van der Waals surface area contributed by atoms with Gasteiger partial charge in [0.1, 0.15) is 16.7 Å². The van der Waals surface area contributed by atoms with Crippen molar-refractivity contribution in [1.82, 2.24) is 0 Å². The van der Waals surface area contributed by atoms with Crippen LogP contribution < -0.4 is 20.6 Å². The average molecular weight is 865 g/mol. The molecular weight excluding hydrogens is 816 g/mol. The lowest BCUT2D eigenvalue weighted by atomic mass is 9.43. The van der Waals surface area contributed by atoms with E-state index >= 15 is 0 Å². The zero-order chi connectivity index (χ0) is 45.3. The third-order valence-corrected chi connectivity index (χ3v) is 14.4. The second-order valence-corrected chi connectivity index (χ2v) is 20.5. The van der Waals surface area contributed by atoms with Gasteiger partial charge in [-0.25, -0.2) is 0 Å². The van der Waals surface area contributed by atoms with Crippen LogP contribution in [0.1, 0.15) is 52.7 Å². The molecule has 322 valence electrons. The second kappa shape index (κ2) is 14.4. The highest BCUT2D eigenvalue weighted by molar-refractivity contribution is 6.94. The molecule has 0 saturated carbocycles. The first kappa shape index (κ1) is 39.6. The lowest BCUT2D eigenvalue weighted by Crippen LogP contribution is -2.61. The van der Waals surface area contributed by atoms with Crippen molar-refractivity contribution in [2.24, 2.45) is 0 Å². The van der Waals surface area contributed by atoms with Crippen LogP contribution >= 0.6 is 0 Å². The monoisotopic (exact) mass is 864 g/mol. The third kappa shape index (κ3) is 6.00. The van der Waals surface area contributed by atoms with Crippen LogP contribution in [0.15, 0.2) is 197 Å². The van der Waals surface area contributed by atoms with E-state index < -0.39 is 0 Å². The molecule has 0 spiro atoms. The number of benzene rings is 9. The summed E-state index contributed by atoms with van der Waals surface area (Å²) in [5.41, 5.74) is 20.8. The Bertz CT molecular complexity index is 3780. The molecule has 4 nitrogen and oxygen atoms in total. The molecule has 5 heteroatoms. The zero-order valence-corrected chi connectivity index (χ0v) is 38.7. The Morgan fingerprint density at radius 3 is 1.70 bits per heavy atom. The number of nitrogens with zero attached hydrogens (tertiary/aromatic N) is 2. The average Bonchev–Trinajstić information content (AvgIpc) is 3.92. The van der Waals surface area contributed by atoms with E-state index in [0.717, 1.165) is 106 Å². The van der Waals surface area contributed by atoms with Crippen molar-refractivity contribution in [2.75, 3.05) is 9.71 Å². The summed E-state index contributed by atoms with van der Waals surface area (Å²) in [4.78, 5) is 5.13. The fraction of sp³-hybridized carbons (Fsp3) is 0.129. The molecule has 0 unspecified atom stereocenters. The van der Waals surface area contributed by atoms with Crippen molar-refractivity contribution in [3.63, 3.8) is 0 Å². The minimum atomic E-state index is -0.254. The van der Waals surface area contributed by atoms with Crippen LogP contribution in [0.5, 0.6) is 0 Å². The molecule has 2 aliphatic heterocycles. The maximum Gasteiger partial charge on any atom is 0.333 e. The molecule has 0 amide bonds. The Balaban J connectivity index is 1.22. The molecule has 13 rings (SSSR count). The van der Waals surface area contributed by atoms with Gasteiger partial charge in [0.2, 0.25) is 0 Å². The van der Waals surface area contributed by atoms with Crippen LogP contribution in [0.2, 0.25) is 0 Å². The van der Waals surface area contributed by atoms with E-state index in [1.54, 1.807) is 0 Å². The van der Waals surface area contributed by atoms with Crippen molar-refractivity contribution in [2.45, 2.75) is 52.4 Å². The van der Waals surface area contributed by atoms with Gasteiger partial charge in [-0.05, 0) is 104 Å². The molecule has 0 saturated heterocycles. The third-order valence-electron chi connectivity index (χ3n) is 14.4. The van der Waals surface area contributed by atoms with Crippen molar-refractivity contribution in [3.8, 4) is 33.4 Å². The lowest BCUT2D eigenvalue weighted by Gasteiger charge is -2.46. The molecule has 0 fully saturated rings. The van der Waals surface area contributed by atoms with E-state index in [0.29, 0.717) is 0 Å². The Labute approximate surface area is 391 Å². The van der Waals surface area contributed by atoms with Crippen LogP contribution in [0.25, 0.3) is 77.3 Å². The fourth-order valence-electron chi connectivity index (χ4n) is 11.0. The summed E-state index contributed by atoms with van der Waals surface area (Å²) < 4.78 is 14.3. The van der Waals surface area contributed by atoms with Gasteiger partial charge in [0, 0.05) is 55.3 Å². The lowest BCUT2D eigenvalue weighted by molar-refractivity contribution is 0.590. The minimum Gasteiger partial charge on any atom is -0.455 e. The molecular formula is C62H49BN2O2. The number of hydrogen-bond acceptors (Lipinski definition) is 4. The van der Waals surface area contributed by atoms with E-state index in [-0.39, 0.29) is 17.7 Å². The summed E-state index contributed by atoms with van der Waals surface area (Å²) in [5.74, 6) is 0. The van der Waals surface area contributed by atoms with Crippen molar-refractivity contribution < 1.29 is 8.83 Å². The quantitative estimate of drug-likeness (QED) is 0.165. The molecule has 2 aromatic heterocycles. The Morgan fingerprint density at radius 2 is 1.01 bits per heavy atom. The van der Waals surface area contributed by atoms with Gasteiger partial charge in [0.25, 0.3) is 0 Å². The van der Waals surface area contributed by atoms with E-state index in [1.807, 2.05) is 0 Å². The van der Waals surface area contributed by atoms with E-state index in [4.69, 9.17) is 8.83 Å². The highest BCUT2D eigenvalue weighted by Crippen LogP contribution is 2.54. The van der Waals surface area contributed by atoms with Crippen molar-refractivity contribution in [3.05, 3.63) is 199 Å². The fourth-order valence-corrected chi connectivity index (χ4v) is 11.0. The van der Waals surface area contributed by atoms with Crippen LogP contribution in [0.3, 0.4) is 0 Å². The van der Waals surface area contributed by atoms with Gasteiger partial charge in [-0.15, -0.1) is 0 Å². The number of para-hydroxylation sites is 2. The molecule has 0 atom stereocenters. The maximum atomic E-state index is 7.17. The topological polar surface area (TPSA) is 32.8 Å². The molecule has 0 bridgehead atoms. The molecule has 9 aromatic carbocycles. The highest BCUT2D eigenvalue weighted by atomic mass is 16.3. The van der Waals surface area contributed by atoms with Crippen LogP contribution in [-0.4, -0.2) is 6.85 Å². The molecule has 0 radical (unpaired) electrons. The summed E-state index contributed by atoms with van der Waals surface area (Å²) in [6.45, 7) is 13.5. The number of hydrogen-bond donors (Lipinski definition) is 0. The second-order valence-electron chi connectivity index (χ2n) is 20.5. The molecule has 67 heavy (non-hydrogen) atoms. The van der Waals surface area contributed by atoms with E-state index in [2.05, 4.69) is 239 Å². The first-order chi connectivity index (χ1) is 32.5. The molecule has 4 heterocycles.